The Balaban J connectivity index is 0.744. The van der Waals surface area contributed by atoms with E-state index in [0.717, 1.165) is 128 Å². The Bertz CT molecular complexity index is 5240. The first-order valence-corrected chi connectivity index (χ1v) is 34.8. The van der Waals surface area contributed by atoms with Gasteiger partial charge in [-0.15, -0.1) is 0 Å². The minimum atomic E-state index is -0.227. The Morgan fingerprint density at radius 3 is 1.22 bits per heavy atom. The third-order valence-corrected chi connectivity index (χ3v) is 21.4. The van der Waals surface area contributed by atoms with Crippen LogP contribution in [0.2, 0.25) is 0 Å². The topological polar surface area (TPSA) is 73.3 Å². The summed E-state index contributed by atoms with van der Waals surface area (Å²) in [5.41, 5.74) is 30.6. The van der Waals surface area contributed by atoms with E-state index < -0.39 is 0 Å². The number of imidazole rings is 2. The molecule has 0 fully saturated rings. The highest BCUT2D eigenvalue weighted by atomic mass is 15.1. The lowest BCUT2D eigenvalue weighted by molar-refractivity contribution is 0.403. The normalized spacial score (nSPS) is 15.6. The van der Waals surface area contributed by atoms with Crippen molar-refractivity contribution in [1.29, 1.82) is 0 Å². The number of benzene rings is 9. The van der Waals surface area contributed by atoms with Gasteiger partial charge in [0.05, 0.1) is 38.8 Å². The van der Waals surface area contributed by atoms with Crippen LogP contribution in [0.15, 0.2) is 200 Å². The third kappa shape index (κ3) is 10.6. The van der Waals surface area contributed by atoms with Crippen LogP contribution in [-0.4, -0.2) is 33.7 Å². The van der Waals surface area contributed by atoms with Crippen molar-refractivity contribution in [2.45, 2.75) is 168 Å². The van der Waals surface area contributed by atoms with Gasteiger partial charge in [0.2, 0.25) is 0 Å². The lowest BCUT2D eigenvalue weighted by Crippen LogP contribution is -2.19. The first-order valence-electron chi connectivity index (χ1n) is 34.8. The fourth-order valence-corrected chi connectivity index (χ4v) is 17.1. The number of hydrogen-bond acceptors (Lipinski definition) is 5. The van der Waals surface area contributed by atoms with Crippen LogP contribution >= 0.6 is 0 Å². The molecule has 0 bridgehead atoms. The lowest BCUT2D eigenvalue weighted by atomic mass is 9.82. The minimum Gasteiger partial charge on any atom is -0.279 e. The second-order valence-electron chi connectivity index (χ2n) is 32.8. The summed E-state index contributed by atoms with van der Waals surface area (Å²) in [4.78, 5) is 27.0. The van der Waals surface area contributed by atoms with Crippen LogP contribution < -0.4 is 0 Å². The molecule has 0 N–H and O–H groups in total. The SMILES string of the molecule is CC(C)(C)c1nc2cc(CCc3cc(CCc4ccc5c(c4)nc(C(C)(C)C)n4c6cc7c(cc6nc54)C(C)(C)CC7(C)C)cc(-c4ccccc4-c4ccc(-c5cc(-c6ccc(-c7ccccc7)cc6)ccn5)cc4)c3)ccc2c2nc3cc4c(cc3n12)C(C)(C)CC4(C)C. The standard InChI is InChI=1S/C89H87N7/c1-84(2,3)82-93-74-45-54(28-38-67(74)80-91-76-48-69-71(50-78(76)95(80)82)88(11,12)52-86(69,7)8)24-26-56-42-57(27-25-55-29-39-68-75(46-55)94-83(85(4,5)6)96-79-51-72-70(49-77(79)92-81(68)96)87(9,10)53-89(72,13)14)44-64(43-56)66-23-19-18-22-65(66)61-34-36-62(37-35-61)73-47-63(40-41-90-73)60-32-30-59(31-33-60)58-20-16-15-17-21-58/h15-23,28-51H,24-27,52-53H2,1-14H3. The van der Waals surface area contributed by atoms with Crippen LogP contribution in [0.1, 0.15) is 166 Å². The maximum absolute atomic E-state index is 5.57. The van der Waals surface area contributed by atoms with Gasteiger partial charge in [-0.25, -0.2) is 19.9 Å². The summed E-state index contributed by atoms with van der Waals surface area (Å²) in [6, 6.07) is 72.5. The number of aryl methyl sites for hydroxylation is 4. The zero-order valence-corrected chi connectivity index (χ0v) is 58.4. The summed E-state index contributed by atoms with van der Waals surface area (Å²) in [5, 5.41) is 2.17. The van der Waals surface area contributed by atoms with E-state index in [1.165, 1.54) is 77.9 Å². The summed E-state index contributed by atoms with van der Waals surface area (Å²) in [5.74, 6) is 2.07. The monoisotopic (exact) mass is 1250 g/mol. The maximum Gasteiger partial charge on any atom is 0.148 e. The van der Waals surface area contributed by atoms with Crippen molar-refractivity contribution < 1.29 is 0 Å². The number of hydrogen-bond donors (Lipinski definition) is 0. The van der Waals surface area contributed by atoms with Gasteiger partial charge in [-0.3, -0.25) is 13.8 Å². The van der Waals surface area contributed by atoms with Crippen molar-refractivity contribution in [3.8, 4) is 55.8 Å². The molecular formula is C89H87N7. The first kappa shape index (κ1) is 61.3. The average molecular weight is 1250 g/mol. The highest BCUT2D eigenvalue weighted by molar-refractivity contribution is 5.99. The van der Waals surface area contributed by atoms with Gasteiger partial charge in [-0.2, -0.15) is 0 Å². The van der Waals surface area contributed by atoms with E-state index in [1.54, 1.807) is 0 Å². The summed E-state index contributed by atoms with van der Waals surface area (Å²) in [6.45, 7) is 32.8. The number of nitrogens with zero attached hydrogens (tertiary/aromatic N) is 7. The van der Waals surface area contributed by atoms with Gasteiger partial charge in [0, 0.05) is 33.4 Å². The minimum absolute atomic E-state index is 0.0768. The molecule has 0 spiro atoms. The van der Waals surface area contributed by atoms with Crippen LogP contribution in [-0.2, 0) is 58.2 Å². The van der Waals surface area contributed by atoms with Crippen LogP contribution in [0.5, 0.6) is 0 Å². The molecule has 2 aliphatic carbocycles. The van der Waals surface area contributed by atoms with Gasteiger partial charge >= 0.3 is 0 Å². The molecule has 2 aliphatic rings. The molecule has 96 heavy (non-hydrogen) atoms. The van der Waals surface area contributed by atoms with Crippen LogP contribution in [0.4, 0.5) is 0 Å². The fraction of sp³-hybridized carbons (Fsp3) is 0.292. The quantitative estimate of drug-likeness (QED) is 0.129. The van der Waals surface area contributed by atoms with E-state index in [0.29, 0.717) is 0 Å². The zero-order valence-electron chi connectivity index (χ0n) is 58.4. The molecule has 14 aromatic rings. The van der Waals surface area contributed by atoms with Crippen molar-refractivity contribution in [3.05, 3.63) is 256 Å². The molecule has 0 amide bonds. The second kappa shape index (κ2) is 22.0. The third-order valence-electron chi connectivity index (χ3n) is 21.4. The predicted molar refractivity (Wildman–Crippen MR) is 401 cm³/mol. The summed E-state index contributed by atoms with van der Waals surface area (Å²) < 4.78 is 4.73. The molecule has 0 unspecified atom stereocenters. The second-order valence-corrected chi connectivity index (χ2v) is 32.8. The van der Waals surface area contributed by atoms with Gasteiger partial charge in [0.15, 0.2) is 0 Å². The lowest BCUT2D eigenvalue weighted by Gasteiger charge is -2.22. The van der Waals surface area contributed by atoms with Crippen molar-refractivity contribution >= 4 is 55.2 Å². The van der Waals surface area contributed by atoms with Crippen molar-refractivity contribution in [2.75, 3.05) is 0 Å². The summed E-state index contributed by atoms with van der Waals surface area (Å²) >= 11 is 0. The molecule has 16 rings (SSSR count). The van der Waals surface area contributed by atoms with E-state index in [4.69, 9.17) is 24.9 Å². The smallest absolute Gasteiger partial charge is 0.148 e. The fourth-order valence-electron chi connectivity index (χ4n) is 17.1. The van der Waals surface area contributed by atoms with Gasteiger partial charge in [-0.05, 0) is 210 Å². The molecule has 0 saturated heterocycles. The molecule has 5 aromatic heterocycles. The highest BCUT2D eigenvalue weighted by Crippen LogP contribution is 2.53. The van der Waals surface area contributed by atoms with Gasteiger partial charge < -0.3 is 0 Å². The molecule has 5 heterocycles. The summed E-state index contributed by atoms with van der Waals surface area (Å²) in [7, 11) is 0. The van der Waals surface area contributed by atoms with Crippen molar-refractivity contribution in [2.24, 2.45) is 0 Å². The van der Waals surface area contributed by atoms with Crippen LogP contribution in [0.3, 0.4) is 0 Å². The molecule has 0 atom stereocenters. The largest absolute Gasteiger partial charge is 0.279 e. The molecule has 7 heteroatoms. The van der Waals surface area contributed by atoms with Crippen LogP contribution in [0.25, 0.3) is 111 Å². The predicted octanol–water partition coefficient (Wildman–Crippen LogP) is 22.2. The van der Waals surface area contributed by atoms with Crippen LogP contribution in [0, 0.1) is 0 Å². The van der Waals surface area contributed by atoms with E-state index in [2.05, 4.69) is 300 Å². The van der Waals surface area contributed by atoms with Gasteiger partial charge in [0.1, 0.15) is 22.9 Å². The Hall–Kier alpha value is -9.59. The molecule has 0 aliphatic heterocycles. The number of rotatable bonds is 11. The highest BCUT2D eigenvalue weighted by Gasteiger charge is 2.44. The molecule has 478 valence electrons. The zero-order chi connectivity index (χ0) is 66.6. The van der Waals surface area contributed by atoms with E-state index >= 15 is 0 Å². The molecule has 0 radical (unpaired) electrons. The first-order chi connectivity index (χ1) is 45.7. The Kier molecular flexibility index (Phi) is 14.0. The average Bonchev–Trinajstić information content (AvgIpc) is 1.55. The van der Waals surface area contributed by atoms with E-state index in [1.807, 2.05) is 6.20 Å². The van der Waals surface area contributed by atoms with Crippen molar-refractivity contribution in [1.82, 2.24) is 33.7 Å². The van der Waals surface area contributed by atoms with E-state index in [9.17, 15) is 0 Å². The number of pyridine rings is 1. The Morgan fingerprint density at radius 2 is 0.740 bits per heavy atom. The van der Waals surface area contributed by atoms with E-state index in [-0.39, 0.29) is 32.5 Å². The molecule has 0 saturated carbocycles. The number of aromatic nitrogens is 7. The summed E-state index contributed by atoms with van der Waals surface area (Å²) in [6.07, 6.45) is 7.63. The Labute approximate surface area is 565 Å². The maximum atomic E-state index is 5.57. The molecule has 7 nitrogen and oxygen atoms in total. The molecule has 9 aromatic carbocycles. The number of fused-ring (bicyclic) bond motifs is 12. The molecular weight excluding hydrogens is 1170 g/mol. The van der Waals surface area contributed by atoms with Gasteiger partial charge in [-0.1, -0.05) is 230 Å². The van der Waals surface area contributed by atoms with Crippen molar-refractivity contribution in [3.63, 3.8) is 0 Å². The Morgan fingerprint density at radius 1 is 0.333 bits per heavy atom. The van der Waals surface area contributed by atoms with Gasteiger partial charge in [0.25, 0.3) is 0 Å².